The Hall–Kier alpha value is -4.75. The predicted molar refractivity (Wildman–Crippen MR) is 184 cm³/mol. The van der Waals surface area contributed by atoms with Gasteiger partial charge in [0.05, 0.1) is 6.10 Å². The molecule has 0 aromatic heterocycles. The fraction of sp³-hybridized carbons (Fsp3) is 0.605. The molecule has 1 aromatic carbocycles. The Morgan fingerprint density at radius 3 is 1.81 bits per heavy atom. The van der Waals surface area contributed by atoms with Crippen molar-refractivity contribution in [2.45, 2.75) is 117 Å². The van der Waals surface area contributed by atoms with Crippen LogP contribution in [0.1, 0.15) is 91.5 Å². The van der Waals surface area contributed by atoms with E-state index in [-0.39, 0.29) is 30.8 Å². The van der Waals surface area contributed by atoms with E-state index in [0.717, 1.165) is 12.5 Å². The van der Waals surface area contributed by atoms with Gasteiger partial charge in [-0.15, -0.1) is 0 Å². The normalized spacial score (nSPS) is 18.7. The molecule has 0 saturated heterocycles. The fourth-order valence-corrected chi connectivity index (χ4v) is 5.90. The molecular formula is C38H52O14. The summed E-state index contributed by atoms with van der Waals surface area (Å²) in [5.41, 5.74) is 1.03. The second kappa shape index (κ2) is 23.7. The molecule has 0 amide bonds. The quantitative estimate of drug-likeness (QED) is 0.0701. The molecule has 5 atom stereocenters. The second-order valence-corrected chi connectivity index (χ2v) is 12.8. The van der Waals surface area contributed by atoms with Crippen LogP contribution in [-0.4, -0.2) is 86.0 Å². The molecule has 288 valence electrons. The van der Waals surface area contributed by atoms with Gasteiger partial charge in [-0.1, -0.05) is 42.5 Å². The fourth-order valence-electron chi connectivity index (χ4n) is 5.90. The molecule has 0 radical (unpaired) electrons. The van der Waals surface area contributed by atoms with Crippen molar-refractivity contribution in [2.24, 2.45) is 11.8 Å². The lowest BCUT2D eigenvalue weighted by molar-refractivity contribution is -0.164. The molecule has 0 spiro atoms. The molecule has 1 fully saturated rings. The molecule has 0 heterocycles. The van der Waals surface area contributed by atoms with Crippen molar-refractivity contribution in [1.29, 1.82) is 0 Å². The highest BCUT2D eigenvalue weighted by Crippen LogP contribution is 2.42. The van der Waals surface area contributed by atoms with Gasteiger partial charge in [-0.2, -0.15) is 0 Å². The van der Waals surface area contributed by atoms with Crippen molar-refractivity contribution in [3.63, 3.8) is 0 Å². The number of hydrogen-bond donors (Lipinski definition) is 0. The maximum Gasteiger partial charge on any atom is 0.344 e. The van der Waals surface area contributed by atoms with Crippen molar-refractivity contribution in [3.8, 4) is 0 Å². The van der Waals surface area contributed by atoms with E-state index < -0.39 is 79.9 Å². The van der Waals surface area contributed by atoms with Crippen LogP contribution in [-0.2, 0) is 73.1 Å². The number of allylic oxidation sites excluding steroid dienone is 2. The number of ether oxygens (including phenoxy) is 7. The van der Waals surface area contributed by atoms with Crippen molar-refractivity contribution in [2.75, 3.05) is 19.8 Å². The van der Waals surface area contributed by atoms with Crippen LogP contribution in [0.25, 0.3) is 0 Å². The van der Waals surface area contributed by atoms with Crippen LogP contribution in [0.3, 0.4) is 0 Å². The van der Waals surface area contributed by atoms with Crippen LogP contribution in [0.2, 0.25) is 0 Å². The van der Waals surface area contributed by atoms with Crippen LogP contribution in [0, 0.1) is 11.8 Å². The van der Waals surface area contributed by atoms with E-state index in [0.29, 0.717) is 44.9 Å². The van der Waals surface area contributed by atoms with Gasteiger partial charge < -0.3 is 33.2 Å². The zero-order valence-electron chi connectivity index (χ0n) is 30.7. The van der Waals surface area contributed by atoms with Gasteiger partial charge >= 0.3 is 41.8 Å². The number of rotatable bonds is 22. The third kappa shape index (κ3) is 18.5. The Morgan fingerprint density at radius 1 is 0.692 bits per heavy atom. The summed E-state index contributed by atoms with van der Waals surface area (Å²) >= 11 is 0. The summed E-state index contributed by atoms with van der Waals surface area (Å²) in [7, 11) is 0. The third-order valence-electron chi connectivity index (χ3n) is 8.13. The minimum Gasteiger partial charge on any atom is -0.463 e. The SMILES string of the molecule is CC(=O)OCC(=O)O[C@@H](CCc1ccccc1)CC[C@@H]1[C@@H](C/C=C\CCCC(=O)OC(C)C)[C@@H](OC(=O)COC(C)=O)C[C@H]1OC(=O)COC(C)=O. The average molecular weight is 733 g/mol. The monoisotopic (exact) mass is 732 g/mol. The highest BCUT2D eigenvalue weighted by atomic mass is 16.6. The van der Waals surface area contributed by atoms with Crippen molar-refractivity contribution < 1.29 is 66.7 Å². The molecule has 1 aliphatic carbocycles. The van der Waals surface area contributed by atoms with Crippen LogP contribution in [0.4, 0.5) is 0 Å². The minimum absolute atomic E-state index is 0.114. The highest BCUT2D eigenvalue weighted by Gasteiger charge is 2.46. The van der Waals surface area contributed by atoms with E-state index in [2.05, 4.69) is 0 Å². The molecule has 2 rings (SSSR count). The minimum atomic E-state index is -0.784. The first-order valence-electron chi connectivity index (χ1n) is 17.6. The van der Waals surface area contributed by atoms with Gasteiger partial charge in [-0.05, 0) is 64.4 Å². The van der Waals surface area contributed by atoms with E-state index in [1.165, 1.54) is 13.8 Å². The number of aryl methyl sites for hydroxylation is 1. The third-order valence-corrected chi connectivity index (χ3v) is 8.13. The zero-order chi connectivity index (χ0) is 38.5. The predicted octanol–water partition coefficient (Wildman–Crippen LogP) is 4.53. The molecule has 52 heavy (non-hydrogen) atoms. The molecule has 0 N–H and O–H groups in total. The summed E-state index contributed by atoms with van der Waals surface area (Å²) in [4.78, 5) is 84.0. The Labute approximate surface area is 304 Å². The summed E-state index contributed by atoms with van der Waals surface area (Å²) in [5.74, 6) is -5.29. The summed E-state index contributed by atoms with van der Waals surface area (Å²) in [6.07, 6.45) is 5.14. The van der Waals surface area contributed by atoms with E-state index in [1.807, 2.05) is 42.5 Å². The summed E-state index contributed by atoms with van der Waals surface area (Å²) in [6, 6.07) is 9.62. The van der Waals surface area contributed by atoms with Gasteiger partial charge in [0.1, 0.15) is 18.3 Å². The van der Waals surface area contributed by atoms with E-state index >= 15 is 0 Å². The van der Waals surface area contributed by atoms with Crippen LogP contribution < -0.4 is 0 Å². The lowest BCUT2D eigenvalue weighted by Crippen LogP contribution is -2.30. The molecule has 1 saturated carbocycles. The largest absolute Gasteiger partial charge is 0.463 e. The molecule has 1 aliphatic rings. The van der Waals surface area contributed by atoms with E-state index in [1.54, 1.807) is 13.8 Å². The molecular weight excluding hydrogens is 680 g/mol. The first kappa shape index (κ1) is 43.4. The lowest BCUT2D eigenvalue weighted by Gasteiger charge is -2.27. The number of carbonyl (C=O) groups is 7. The van der Waals surface area contributed by atoms with Gasteiger partial charge in [0.15, 0.2) is 19.8 Å². The second-order valence-electron chi connectivity index (χ2n) is 12.8. The number of carbonyl (C=O) groups excluding carboxylic acids is 7. The van der Waals surface area contributed by atoms with E-state index in [9.17, 15) is 33.6 Å². The van der Waals surface area contributed by atoms with Gasteiger partial charge in [0, 0.05) is 45.4 Å². The first-order valence-corrected chi connectivity index (χ1v) is 17.6. The number of unbranched alkanes of at least 4 members (excludes halogenated alkanes) is 1. The number of hydrogen-bond acceptors (Lipinski definition) is 14. The smallest absolute Gasteiger partial charge is 0.344 e. The summed E-state index contributed by atoms with van der Waals surface area (Å²) in [6.45, 7) is 5.34. The Balaban J connectivity index is 2.31. The van der Waals surface area contributed by atoms with E-state index in [4.69, 9.17) is 33.2 Å². The van der Waals surface area contributed by atoms with Crippen LogP contribution >= 0.6 is 0 Å². The number of esters is 7. The zero-order valence-corrected chi connectivity index (χ0v) is 30.7. The maximum absolute atomic E-state index is 12.8. The molecule has 0 bridgehead atoms. The van der Waals surface area contributed by atoms with Crippen LogP contribution in [0.5, 0.6) is 0 Å². The van der Waals surface area contributed by atoms with Gasteiger partial charge in [0.25, 0.3) is 0 Å². The molecule has 0 aliphatic heterocycles. The number of benzene rings is 1. The van der Waals surface area contributed by atoms with Crippen molar-refractivity contribution in [1.82, 2.24) is 0 Å². The first-order chi connectivity index (χ1) is 24.7. The molecule has 14 nitrogen and oxygen atoms in total. The Kier molecular flexibility index (Phi) is 19.8. The molecule has 0 unspecified atom stereocenters. The standard InChI is InChI=1S/C38H52O14/c1-25(2)49-35(42)16-12-7-6-11-15-31-32(20-19-30(50-36(43)22-46-26(3)39)18-17-29-13-9-8-10-14-29)34(52-38(45)24-48-28(5)41)21-33(31)51-37(44)23-47-27(4)40/h6,8-11,13-14,25,30-34H,7,12,15-24H2,1-5H3/b11-6-/t30-,31+,32+,33-,34+/m0/s1. The van der Waals surface area contributed by atoms with Crippen molar-refractivity contribution >= 4 is 41.8 Å². The Bertz CT molecular complexity index is 1350. The van der Waals surface area contributed by atoms with Crippen molar-refractivity contribution in [3.05, 3.63) is 48.0 Å². The lowest BCUT2D eigenvalue weighted by atomic mass is 9.85. The average Bonchev–Trinajstić information content (AvgIpc) is 3.39. The van der Waals surface area contributed by atoms with Gasteiger partial charge in [-0.3, -0.25) is 19.2 Å². The Morgan fingerprint density at radius 2 is 1.25 bits per heavy atom. The highest BCUT2D eigenvalue weighted by molar-refractivity contribution is 5.76. The molecule has 1 aromatic rings. The molecule has 14 heteroatoms. The summed E-state index contributed by atoms with van der Waals surface area (Å²) < 4.78 is 37.0. The van der Waals surface area contributed by atoms with Gasteiger partial charge in [-0.25, -0.2) is 14.4 Å². The van der Waals surface area contributed by atoms with Crippen LogP contribution in [0.15, 0.2) is 42.5 Å². The maximum atomic E-state index is 12.8. The van der Waals surface area contributed by atoms with Gasteiger partial charge in [0.2, 0.25) is 0 Å². The topological polar surface area (TPSA) is 184 Å². The summed E-state index contributed by atoms with van der Waals surface area (Å²) in [5, 5.41) is 0.